The first kappa shape index (κ1) is 10.6. The normalized spacial score (nSPS) is 10.6. The molecule has 0 spiro atoms. The highest BCUT2D eigenvalue weighted by molar-refractivity contribution is 5.44. The highest BCUT2D eigenvalue weighted by atomic mass is 16.2. The van der Waals surface area contributed by atoms with Gasteiger partial charge in [0.2, 0.25) is 0 Å². The topological polar surface area (TPSA) is 77.0 Å². The molecule has 0 saturated heterocycles. The van der Waals surface area contributed by atoms with Crippen molar-refractivity contribution in [3.63, 3.8) is 0 Å². The number of aryl methyl sites for hydroxylation is 1. The van der Waals surface area contributed by atoms with Gasteiger partial charge in [0.25, 0.3) is 0 Å². The molecule has 16 heavy (non-hydrogen) atoms. The molecule has 0 amide bonds. The number of aliphatic hydroxyl groups is 1. The lowest BCUT2D eigenvalue weighted by atomic mass is 10.2. The molecule has 0 atom stereocenters. The lowest BCUT2D eigenvalue weighted by Crippen LogP contribution is -2.04. The second-order valence-corrected chi connectivity index (χ2v) is 3.48. The van der Waals surface area contributed by atoms with Crippen LogP contribution in [0, 0.1) is 0 Å². The van der Waals surface area contributed by atoms with Gasteiger partial charge in [-0.15, -0.1) is 0 Å². The van der Waals surface area contributed by atoms with Crippen LogP contribution in [0.25, 0.3) is 5.82 Å². The molecular weight excluding hydrogens is 204 g/mol. The van der Waals surface area contributed by atoms with Crippen LogP contribution in [0.1, 0.15) is 12.0 Å². The Morgan fingerprint density at radius 1 is 1.38 bits per heavy atom. The maximum absolute atomic E-state index is 8.76. The highest BCUT2D eigenvalue weighted by Crippen LogP contribution is 2.16. The molecule has 0 aromatic carbocycles. The predicted molar refractivity (Wildman–Crippen MR) is 61.2 cm³/mol. The van der Waals surface area contributed by atoms with Crippen LogP contribution in [0.3, 0.4) is 0 Å². The molecule has 0 aliphatic heterocycles. The van der Waals surface area contributed by atoms with Crippen molar-refractivity contribution in [2.45, 2.75) is 12.8 Å². The van der Waals surface area contributed by atoms with E-state index in [1.807, 2.05) is 18.2 Å². The summed E-state index contributed by atoms with van der Waals surface area (Å²) in [4.78, 5) is 4.17. The van der Waals surface area contributed by atoms with Gasteiger partial charge in [-0.1, -0.05) is 6.07 Å². The molecule has 2 aromatic rings. The lowest BCUT2D eigenvalue weighted by molar-refractivity contribution is 0.288. The fraction of sp³-hybridized carbons (Fsp3) is 0.273. The standard InChI is InChI=1S/C11H14N4O/c12-11-9(4-3-7-16)8-14-15(11)10-5-1-2-6-13-10/h1-2,5-6,8,16H,3-4,7,12H2. The number of nitrogens with zero attached hydrogens (tertiary/aromatic N) is 3. The Morgan fingerprint density at radius 2 is 2.25 bits per heavy atom. The van der Waals surface area contributed by atoms with Crippen LogP contribution in [0.15, 0.2) is 30.6 Å². The monoisotopic (exact) mass is 218 g/mol. The number of nitrogens with two attached hydrogens (primary N) is 1. The molecule has 2 aromatic heterocycles. The zero-order valence-corrected chi connectivity index (χ0v) is 8.87. The minimum atomic E-state index is 0.161. The van der Waals surface area contributed by atoms with Crippen molar-refractivity contribution < 1.29 is 5.11 Å². The van der Waals surface area contributed by atoms with Crippen LogP contribution in [0.2, 0.25) is 0 Å². The van der Waals surface area contributed by atoms with Crippen LogP contribution in [0.5, 0.6) is 0 Å². The van der Waals surface area contributed by atoms with E-state index in [1.165, 1.54) is 0 Å². The number of pyridine rings is 1. The maximum Gasteiger partial charge on any atom is 0.155 e. The second-order valence-electron chi connectivity index (χ2n) is 3.48. The first-order valence-electron chi connectivity index (χ1n) is 5.17. The van der Waals surface area contributed by atoms with Gasteiger partial charge in [0, 0.05) is 18.4 Å². The summed E-state index contributed by atoms with van der Waals surface area (Å²) in [5, 5.41) is 12.9. The molecular formula is C11H14N4O. The van der Waals surface area contributed by atoms with E-state index in [1.54, 1.807) is 17.1 Å². The summed E-state index contributed by atoms with van der Waals surface area (Å²) >= 11 is 0. The molecule has 2 heterocycles. The fourth-order valence-electron chi connectivity index (χ4n) is 1.52. The minimum Gasteiger partial charge on any atom is -0.396 e. The van der Waals surface area contributed by atoms with Crippen molar-refractivity contribution in [2.24, 2.45) is 0 Å². The Bertz CT molecular complexity index is 452. The highest BCUT2D eigenvalue weighted by Gasteiger charge is 2.08. The summed E-state index contributed by atoms with van der Waals surface area (Å²) < 4.78 is 1.60. The molecule has 0 unspecified atom stereocenters. The van der Waals surface area contributed by atoms with E-state index >= 15 is 0 Å². The first-order chi connectivity index (χ1) is 7.83. The van der Waals surface area contributed by atoms with Crippen molar-refractivity contribution in [1.29, 1.82) is 0 Å². The average molecular weight is 218 g/mol. The molecule has 5 heteroatoms. The summed E-state index contributed by atoms with van der Waals surface area (Å²) in [7, 11) is 0. The molecule has 0 aliphatic rings. The fourth-order valence-corrected chi connectivity index (χ4v) is 1.52. The van der Waals surface area contributed by atoms with E-state index in [0.717, 1.165) is 12.0 Å². The van der Waals surface area contributed by atoms with Crippen LogP contribution in [0.4, 0.5) is 5.82 Å². The van der Waals surface area contributed by atoms with Crippen molar-refractivity contribution in [2.75, 3.05) is 12.3 Å². The number of nitrogen functional groups attached to an aromatic ring is 1. The molecule has 84 valence electrons. The molecule has 3 N–H and O–H groups in total. The van der Waals surface area contributed by atoms with Gasteiger partial charge in [0.05, 0.1) is 6.20 Å². The van der Waals surface area contributed by atoms with Crippen LogP contribution in [-0.4, -0.2) is 26.5 Å². The molecule has 0 radical (unpaired) electrons. The molecule has 5 nitrogen and oxygen atoms in total. The number of hydrogen-bond donors (Lipinski definition) is 2. The van der Waals surface area contributed by atoms with Gasteiger partial charge in [-0.2, -0.15) is 9.78 Å². The zero-order chi connectivity index (χ0) is 11.4. The Morgan fingerprint density at radius 3 is 2.94 bits per heavy atom. The number of aromatic nitrogens is 3. The summed E-state index contributed by atoms with van der Waals surface area (Å²) in [5.41, 5.74) is 6.90. The first-order valence-corrected chi connectivity index (χ1v) is 5.17. The van der Waals surface area contributed by atoms with Gasteiger partial charge < -0.3 is 10.8 Å². The summed E-state index contributed by atoms with van der Waals surface area (Å²) in [6.45, 7) is 0.161. The SMILES string of the molecule is Nc1c(CCCO)cnn1-c1ccccn1. The Kier molecular flexibility index (Phi) is 3.16. The van der Waals surface area contributed by atoms with Crippen molar-refractivity contribution in [1.82, 2.24) is 14.8 Å². The van der Waals surface area contributed by atoms with Gasteiger partial charge in [0.15, 0.2) is 5.82 Å². The van der Waals surface area contributed by atoms with E-state index in [-0.39, 0.29) is 6.61 Å². The van der Waals surface area contributed by atoms with Gasteiger partial charge in [0.1, 0.15) is 5.82 Å². The van der Waals surface area contributed by atoms with Crippen LogP contribution < -0.4 is 5.73 Å². The van der Waals surface area contributed by atoms with Gasteiger partial charge >= 0.3 is 0 Å². The Balaban J connectivity index is 2.27. The summed E-state index contributed by atoms with van der Waals surface area (Å²) in [6.07, 6.45) is 4.84. The van der Waals surface area contributed by atoms with E-state index in [2.05, 4.69) is 10.1 Å². The molecule has 0 bridgehead atoms. The van der Waals surface area contributed by atoms with Crippen LogP contribution >= 0.6 is 0 Å². The van der Waals surface area contributed by atoms with Gasteiger partial charge in [-0.3, -0.25) is 0 Å². The van der Waals surface area contributed by atoms with E-state index in [9.17, 15) is 0 Å². The van der Waals surface area contributed by atoms with E-state index < -0.39 is 0 Å². The minimum absolute atomic E-state index is 0.161. The molecule has 0 saturated carbocycles. The third kappa shape index (κ3) is 2.04. The maximum atomic E-state index is 8.76. The largest absolute Gasteiger partial charge is 0.396 e. The van der Waals surface area contributed by atoms with Gasteiger partial charge in [-0.25, -0.2) is 4.98 Å². The summed E-state index contributed by atoms with van der Waals surface area (Å²) in [6, 6.07) is 5.58. The number of hydrogen-bond acceptors (Lipinski definition) is 4. The number of anilines is 1. The average Bonchev–Trinajstić information content (AvgIpc) is 2.69. The zero-order valence-electron chi connectivity index (χ0n) is 8.87. The third-order valence-electron chi connectivity index (χ3n) is 2.36. The van der Waals surface area contributed by atoms with E-state index in [0.29, 0.717) is 18.1 Å². The quantitative estimate of drug-likeness (QED) is 0.794. The Hall–Kier alpha value is -1.88. The number of aliphatic hydroxyl groups excluding tert-OH is 1. The Labute approximate surface area is 93.5 Å². The van der Waals surface area contributed by atoms with Crippen molar-refractivity contribution in [3.05, 3.63) is 36.2 Å². The predicted octanol–water partition coefficient (Wildman–Crippen LogP) is 0.774. The van der Waals surface area contributed by atoms with Crippen LogP contribution in [-0.2, 0) is 6.42 Å². The van der Waals surface area contributed by atoms with Gasteiger partial charge in [-0.05, 0) is 25.0 Å². The third-order valence-corrected chi connectivity index (χ3v) is 2.36. The lowest BCUT2D eigenvalue weighted by Gasteiger charge is -2.03. The summed E-state index contributed by atoms with van der Waals surface area (Å²) in [5.74, 6) is 1.29. The molecule has 0 fully saturated rings. The molecule has 0 aliphatic carbocycles. The van der Waals surface area contributed by atoms with Crippen molar-refractivity contribution >= 4 is 5.82 Å². The van der Waals surface area contributed by atoms with Crippen molar-refractivity contribution in [3.8, 4) is 5.82 Å². The second kappa shape index (κ2) is 4.76. The molecule has 2 rings (SSSR count). The smallest absolute Gasteiger partial charge is 0.155 e. The van der Waals surface area contributed by atoms with E-state index in [4.69, 9.17) is 10.8 Å². The number of rotatable bonds is 4.